The lowest BCUT2D eigenvalue weighted by Crippen LogP contribution is -2.29. The Morgan fingerprint density at radius 1 is 1.04 bits per heavy atom. The number of rotatable bonds is 7. The van der Waals surface area contributed by atoms with E-state index in [9.17, 15) is 9.59 Å². The number of hydrogen-bond acceptors (Lipinski definition) is 5. The van der Waals surface area contributed by atoms with E-state index < -0.39 is 18.0 Å². The van der Waals surface area contributed by atoms with Crippen LogP contribution in [0.5, 0.6) is 5.75 Å². The second-order valence-corrected chi connectivity index (χ2v) is 5.67. The van der Waals surface area contributed by atoms with Gasteiger partial charge in [-0.1, -0.05) is 18.2 Å². The fourth-order valence-electron chi connectivity index (χ4n) is 2.05. The monoisotopic (exact) mass is 342 g/mol. The highest BCUT2D eigenvalue weighted by Gasteiger charge is 2.17. The topological polar surface area (TPSA) is 67.9 Å². The Balaban J connectivity index is 1.77. The van der Waals surface area contributed by atoms with E-state index in [1.165, 1.54) is 0 Å². The van der Waals surface area contributed by atoms with Gasteiger partial charge in [-0.3, -0.25) is 4.79 Å². The molecule has 2 rings (SSSR count). The average molecular weight is 342 g/mol. The molecule has 0 aromatic heterocycles. The summed E-state index contributed by atoms with van der Waals surface area (Å²) in [5, 5.41) is 2.68. The van der Waals surface area contributed by atoms with E-state index in [0.29, 0.717) is 11.4 Å². The number of amides is 1. The van der Waals surface area contributed by atoms with Gasteiger partial charge in [-0.15, -0.1) is 0 Å². The van der Waals surface area contributed by atoms with Gasteiger partial charge in [0.05, 0.1) is 0 Å². The van der Waals surface area contributed by atoms with Crippen LogP contribution in [-0.2, 0) is 14.3 Å². The highest BCUT2D eigenvalue weighted by atomic mass is 16.6. The molecule has 6 nitrogen and oxygen atoms in total. The van der Waals surface area contributed by atoms with Crippen molar-refractivity contribution in [3.63, 3.8) is 0 Å². The molecule has 0 heterocycles. The first kappa shape index (κ1) is 18.3. The highest BCUT2D eigenvalue weighted by molar-refractivity contribution is 5.93. The van der Waals surface area contributed by atoms with Crippen molar-refractivity contribution in [3.8, 4) is 5.75 Å². The molecule has 0 spiro atoms. The van der Waals surface area contributed by atoms with Gasteiger partial charge in [0.1, 0.15) is 5.75 Å². The van der Waals surface area contributed by atoms with Crippen LogP contribution < -0.4 is 15.0 Å². The molecule has 1 N–H and O–H groups in total. The van der Waals surface area contributed by atoms with Gasteiger partial charge in [0.25, 0.3) is 5.91 Å². The Labute approximate surface area is 147 Å². The van der Waals surface area contributed by atoms with Gasteiger partial charge in [-0.25, -0.2) is 4.79 Å². The van der Waals surface area contributed by atoms with E-state index in [2.05, 4.69) is 5.32 Å². The summed E-state index contributed by atoms with van der Waals surface area (Å²) in [4.78, 5) is 25.7. The SMILES string of the molecule is C[C@H](Oc1ccccc1)C(=O)OCC(=O)Nc1ccc(N(C)C)cc1. The second-order valence-electron chi connectivity index (χ2n) is 5.67. The van der Waals surface area contributed by atoms with Gasteiger partial charge in [-0.2, -0.15) is 0 Å². The van der Waals surface area contributed by atoms with E-state index in [4.69, 9.17) is 9.47 Å². The number of carbonyl (C=O) groups excluding carboxylic acids is 2. The molecule has 25 heavy (non-hydrogen) atoms. The number of nitrogens with one attached hydrogen (secondary N) is 1. The quantitative estimate of drug-likeness (QED) is 0.784. The summed E-state index contributed by atoms with van der Waals surface area (Å²) in [5.41, 5.74) is 1.66. The maximum absolute atomic E-state index is 11.9. The molecule has 0 aliphatic carbocycles. The molecule has 6 heteroatoms. The third-order valence-electron chi connectivity index (χ3n) is 3.40. The van der Waals surface area contributed by atoms with Crippen LogP contribution in [0.25, 0.3) is 0 Å². The summed E-state index contributed by atoms with van der Waals surface area (Å²) in [7, 11) is 3.87. The summed E-state index contributed by atoms with van der Waals surface area (Å²) in [6.45, 7) is 1.21. The minimum atomic E-state index is -0.797. The molecule has 2 aromatic carbocycles. The summed E-state index contributed by atoms with van der Waals surface area (Å²) in [6, 6.07) is 16.3. The zero-order valence-electron chi connectivity index (χ0n) is 14.6. The second kappa shape index (κ2) is 8.73. The van der Waals surface area contributed by atoms with Crippen LogP contribution in [0.3, 0.4) is 0 Å². The molecular formula is C19H22N2O4. The number of benzene rings is 2. The Morgan fingerprint density at radius 2 is 1.68 bits per heavy atom. The summed E-state index contributed by atoms with van der Waals surface area (Å²) < 4.78 is 10.4. The van der Waals surface area contributed by atoms with Crippen LogP contribution >= 0.6 is 0 Å². The van der Waals surface area contributed by atoms with Gasteiger partial charge < -0.3 is 19.7 Å². The summed E-state index contributed by atoms with van der Waals surface area (Å²) in [6.07, 6.45) is -0.797. The fraction of sp³-hybridized carbons (Fsp3) is 0.263. The van der Waals surface area contributed by atoms with Crippen molar-refractivity contribution in [2.24, 2.45) is 0 Å². The van der Waals surface area contributed by atoms with Gasteiger partial charge in [0.2, 0.25) is 0 Å². The lowest BCUT2D eigenvalue weighted by Gasteiger charge is -2.14. The van der Waals surface area contributed by atoms with Gasteiger partial charge in [0, 0.05) is 25.5 Å². The zero-order chi connectivity index (χ0) is 18.2. The maximum atomic E-state index is 11.9. The molecule has 1 atom stereocenters. The van der Waals surface area contributed by atoms with Crippen LogP contribution in [0.2, 0.25) is 0 Å². The molecule has 2 aromatic rings. The number of esters is 1. The summed E-state index contributed by atoms with van der Waals surface area (Å²) in [5.74, 6) is -0.433. The Hall–Kier alpha value is -3.02. The van der Waals surface area contributed by atoms with Gasteiger partial charge >= 0.3 is 5.97 Å². The van der Waals surface area contributed by atoms with Crippen molar-refractivity contribution in [2.75, 3.05) is 30.9 Å². The molecule has 0 aliphatic heterocycles. The Bertz CT molecular complexity index is 699. The number of ether oxygens (including phenoxy) is 2. The zero-order valence-corrected chi connectivity index (χ0v) is 14.6. The fourth-order valence-corrected chi connectivity index (χ4v) is 2.05. The summed E-state index contributed by atoms with van der Waals surface area (Å²) >= 11 is 0. The number of anilines is 2. The third-order valence-corrected chi connectivity index (χ3v) is 3.40. The van der Waals surface area contributed by atoms with Crippen molar-refractivity contribution < 1.29 is 19.1 Å². The van der Waals surface area contributed by atoms with Gasteiger partial charge in [-0.05, 0) is 43.3 Å². The lowest BCUT2D eigenvalue weighted by molar-refractivity contribution is -0.153. The minimum Gasteiger partial charge on any atom is -0.479 e. The maximum Gasteiger partial charge on any atom is 0.347 e. The standard InChI is InChI=1S/C19H22N2O4/c1-14(25-17-7-5-4-6-8-17)19(23)24-13-18(22)20-15-9-11-16(12-10-15)21(2)3/h4-12,14H,13H2,1-3H3,(H,20,22)/t14-/m0/s1. The van der Waals surface area contributed by atoms with Crippen LogP contribution in [0.1, 0.15) is 6.92 Å². The molecule has 0 bridgehead atoms. The van der Waals surface area contributed by atoms with Crippen LogP contribution in [-0.4, -0.2) is 38.7 Å². The molecule has 0 aliphatic rings. The van der Waals surface area contributed by atoms with E-state index in [1.807, 2.05) is 49.3 Å². The number of nitrogens with zero attached hydrogens (tertiary/aromatic N) is 1. The number of hydrogen-bond donors (Lipinski definition) is 1. The molecule has 0 saturated carbocycles. The highest BCUT2D eigenvalue weighted by Crippen LogP contribution is 2.15. The molecule has 0 fully saturated rings. The number of carbonyl (C=O) groups is 2. The predicted molar refractivity (Wildman–Crippen MR) is 96.9 cm³/mol. The van der Waals surface area contributed by atoms with Crippen LogP contribution in [0, 0.1) is 0 Å². The van der Waals surface area contributed by atoms with E-state index >= 15 is 0 Å². The van der Waals surface area contributed by atoms with E-state index in [-0.39, 0.29) is 6.61 Å². The molecule has 0 saturated heterocycles. The largest absolute Gasteiger partial charge is 0.479 e. The molecule has 1 amide bonds. The average Bonchev–Trinajstić information content (AvgIpc) is 2.61. The first-order chi connectivity index (χ1) is 12.0. The van der Waals surface area contributed by atoms with Crippen molar-refractivity contribution >= 4 is 23.3 Å². The first-order valence-electron chi connectivity index (χ1n) is 7.91. The first-order valence-corrected chi connectivity index (χ1v) is 7.91. The van der Waals surface area contributed by atoms with E-state index in [1.54, 1.807) is 31.2 Å². The third kappa shape index (κ3) is 5.84. The number of para-hydroxylation sites is 1. The molecular weight excluding hydrogens is 320 g/mol. The molecule has 132 valence electrons. The lowest BCUT2D eigenvalue weighted by atomic mass is 10.2. The van der Waals surface area contributed by atoms with Crippen LogP contribution in [0.15, 0.2) is 54.6 Å². The van der Waals surface area contributed by atoms with Crippen molar-refractivity contribution in [2.45, 2.75) is 13.0 Å². The van der Waals surface area contributed by atoms with Crippen molar-refractivity contribution in [1.82, 2.24) is 0 Å². The smallest absolute Gasteiger partial charge is 0.347 e. The Kier molecular flexibility index (Phi) is 6.39. The van der Waals surface area contributed by atoms with Crippen molar-refractivity contribution in [3.05, 3.63) is 54.6 Å². The van der Waals surface area contributed by atoms with Gasteiger partial charge in [0.15, 0.2) is 12.7 Å². The predicted octanol–water partition coefficient (Wildman–Crippen LogP) is 2.70. The molecule has 0 unspecified atom stereocenters. The van der Waals surface area contributed by atoms with E-state index in [0.717, 1.165) is 5.69 Å². The Morgan fingerprint density at radius 3 is 2.28 bits per heavy atom. The van der Waals surface area contributed by atoms with Crippen LogP contribution in [0.4, 0.5) is 11.4 Å². The molecule has 0 radical (unpaired) electrons. The minimum absolute atomic E-state index is 0.364. The normalized spacial score (nSPS) is 11.3. The van der Waals surface area contributed by atoms with Crippen molar-refractivity contribution in [1.29, 1.82) is 0 Å².